The molecule has 0 fully saturated rings. The van der Waals surface area contributed by atoms with Gasteiger partial charge < -0.3 is 9.84 Å². The van der Waals surface area contributed by atoms with Gasteiger partial charge in [-0.3, -0.25) is 0 Å². The van der Waals surface area contributed by atoms with Gasteiger partial charge >= 0.3 is 12.1 Å². The zero-order chi connectivity index (χ0) is 22.9. The maximum atomic E-state index is 12.8. The van der Waals surface area contributed by atoms with Crippen LogP contribution in [0.1, 0.15) is 21.1 Å². The zero-order valence-corrected chi connectivity index (χ0v) is 18.4. The van der Waals surface area contributed by atoms with Gasteiger partial charge in [0.2, 0.25) is 0 Å². The molecule has 2 aromatic carbocycles. The number of hydrogen-bond acceptors (Lipinski definition) is 6. The maximum Gasteiger partial charge on any atom is 0.416 e. The van der Waals surface area contributed by atoms with Crippen LogP contribution < -0.4 is 4.74 Å². The Bertz CT molecular complexity index is 1260. The minimum Gasteiger partial charge on any atom is -0.480 e. The van der Waals surface area contributed by atoms with Gasteiger partial charge in [-0.05, 0) is 37.6 Å². The summed E-state index contributed by atoms with van der Waals surface area (Å²) in [5.41, 5.74) is 1.56. The van der Waals surface area contributed by atoms with Crippen molar-refractivity contribution in [1.29, 1.82) is 0 Å². The summed E-state index contributed by atoms with van der Waals surface area (Å²) in [5.74, 6) is -0.552. The average molecular weight is 479 g/mol. The smallest absolute Gasteiger partial charge is 0.416 e. The van der Waals surface area contributed by atoms with Crippen LogP contribution in [0.2, 0.25) is 0 Å². The van der Waals surface area contributed by atoms with Crippen LogP contribution in [-0.2, 0) is 23.8 Å². The number of carboxylic acid groups (broad SMARTS) is 1. The molecule has 0 aliphatic rings. The molecule has 0 saturated heterocycles. The number of benzene rings is 2. The number of alkyl halides is 3. The first-order valence-corrected chi connectivity index (χ1v) is 11.2. The Kier molecular flexibility index (Phi) is 6.16. The molecule has 5 nitrogen and oxygen atoms in total. The predicted molar refractivity (Wildman–Crippen MR) is 117 cm³/mol. The summed E-state index contributed by atoms with van der Waals surface area (Å²) in [4.78, 5) is 21.0. The molecule has 0 aliphatic carbocycles. The minimum absolute atomic E-state index is 0.418. The number of halogens is 3. The van der Waals surface area contributed by atoms with E-state index in [1.54, 1.807) is 12.1 Å². The van der Waals surface area contributed by atoms with E-state index in [2.05, 4.69) is 9.97 Å². The molecule has 2 aromatic heterocycles. The number of aromatic nitrogens is 2. The number of rotatable bonds is 7. The molecule has 0 spiro atoms. The van der Waals surface area contributed by atoms with Gasteiger partial charge in [-0.1, -0.05) is 18.2 Å². The molecule has 32 heavy (non-hydrogen) atoms. The standard InChI is InChI=1S/C22H17F3N2O3S2/c1-12-17(31-21(26-12)13-5-7-14(8-6-13)22(23,24)25)9-10-18-27-15-3-2-4-16(20(15)32-18)30-11-19(28)29/h2-8H,9-11H2,1H3,(H,28,29). The van der Waals surface area contributed by atoms with Gasteiger partial charge in [-0.15, -0.1) is 22.7 Å². The van der Waals surface area contributed by atoms with E-state index in [0.29, 0.717) is 29.2 Å². The third-order valence-corrected chi connectivity index (χ3v) is 7.10. The lowest BCUT2D eigenvalue weighted by atomic mass is 10.1. The molecule has 0 radical (unpaired) electrons. The van der Waals surface area contributed by atoms with E-state index in [0.717, 1.165) is 37.9 Å². The van der Waals surface area contributed by atoms with E-state index >= 15 is 0 Å². The normalized spacial score (nSPS) is 11.8. The lowest BCUT2D eigenvalue weighted by Gasteiger charge is -2.06. The number of hydrogen-bond donors (Lipinski definition) is 1. The first-order valence-electron chi connectivity index (χ1n) is 9.57. The SMILES string of the molecule is Cc1nc(-c2ccc(C(F)(F)F)cc2)sc1CCc1nc2cccc(OCC(=O)O)c2s1. The number of carboxylic acids is 1. The van der Waals surface area contributed by atoms with Gasteiger partial charge in [0.15, 0.2) is 6.61 Å². The van der Waals surface area contributed by atoms with Crippen LogP contribution in [0.25, 0.3) is 20.8 Å². The van der Waals surface area contributed by atoms with Crippen LogP contribution in [0.3, 0.4) is 0 Å². The summed E-state index contributed by atoms with van der Waals surface area (Å²) < 4.78 is 44.5. The minimum atomic E-state index is -4.36. The number of aliphatic carboxylic acids is 1. The molecule has 1 N–H and O–H groups in total. The maximum absolute atomic E-state index is 12.8. The zero-order valence-electron chi connectivity index (χ0n) is 16.8. The molecule has 0 atom stereocenters. The van der Waals surface area contributed by atoms with Crippen molar-refractivity contribution >= 4 is 38.9 Å². The highest BCUT2D eigenvalue weighted by atomic mass is 32.1. The van der Waals surface area contributed by atoms with Crippen LogP contribution in [0.5, 0.6) is 5.75 Å². The molecular weight excluding hydrogens is 461 g/mol. The second kappa shape index (κ2) is 8.87. The molecule has 0 bridgehead atoms. The quantitative estimate of drug-likeness (QED) is 0.353. The summed E-state index contributed by atoms with van der Waals surface area (Å²) in [6.07, 6.45) is -3.01. The largest absolute Gasteiger partial charge is 0.480 e. The summed E-state index contributed by atoms with van der Waals surface area (Å²) >= 11 is 2.92. The number of aryl methyl sites for hydroxylation is 3. The third-order valence-electron chi connectivity index (χ3n) is 4.69. The van der Waals surface area contributed by atoms with E-state index in [1.165, 1.54) is 34.8 Å². The van der Waals surface area contributed by atoms with Crippen molar-refractivity contribution in [2.45, 2.75) is 25.9 Å². The van der Waals surface area contributed by atoms with E-state index in [4.69, 9.17) is 9.84 Å². The molecule has 4 rings (SSSR count). The second-order valence-electron chi connectivity index (χ2n) is 7.00. The fourth-order valence-corrected chi connectivity index (χ4v) is 5.23. The van der Waals surface area contributed by atoms with Crippen molar-refractivity contribution in [2.24, 2.45) is 0 Å². The summed E-state index contributed by atoms with van der Waals surface area (Å²) in [6, 6.07) is 10.4. The Morgan fingerprint density at radius 2 is 1.81 bits per heavy atom. The highest BCUT2D eigenvalue weighted by Gasteiger charge is 2.30. The highest BCUT2D eigenvalue weighted by molar-refractivity contribution is 7.19. The Hall–Kier alpha value is -2.98. The molecule has 0 amide bonds. The van der Waals surface area contributed by atoms with E-state index < -0.39 is 24.3 Å². The molecule has 0 unspecified atom stereocenters. The molecular formula is C22H17F3N2O3S2. The van der Waals surface area contributed by atoms with Crippen molar-refractivity contribution in [3.8, 4) is 16.3 Å². The topological polar surface area (TPSA) is 72.3 Å². The van der Waals surface area contributed by atoms with Gasteiger partial charge in [-0.25, -0.2) is 14.8 Å². The Balaban J connectivity index is 1.49. The van der Waals surface area contributed by atoms with Gasteiger partial charge in [0.25, 0.3) is 0 Å². The van der Waals surface area contributed by atoms with Gasteiger partial charge in [0.05, 0.1) is 26.5 Å². The number of fused-ring (bicyclic) bond motifs is 1. The van der Waals surface area contributed by atoms with Crippen LogP contribution in [0.15, 0.2) is 42.5 Å². The Morgan fingerprint density at radius 3 is 2.50 bits per heavy atom. The van der Waals surface area contributed by atoms with Crippen LogP contribution >= 0.6 is 22.7 Å². The lowest BCUT2D eigenvalue weighted by molar-refractivity contribution is -0.139. The number of ether oxygens (including phenoxy) is 1. The lowest BCUT2D eigenvalue weighted by Crippen LogP contribution is -2.09. The van der Waals surface area contributed by atoms with Crippen molar-refractivity contribution in [3.63, 3.8) is 0 Å². The second-order valence-corrected chi connectivity index (χ2v) is 9.16. The van der Waals surface area contributed by atoms with Crippen molar-refractivity contribution in [2.75, 3.05) is 6.61 Å². The highest BCUT2D eigenvalue weighted by Crippen LogP contribution is 2.35. The molecule has 166 valence electrons. The van der Waals surface area contributed by atoms with Crippen molar-refractivity contribution in [3.05, 3.63) is 63.6 Å². The first kappa shape index (κ1) is 22.2. The summed E-state index contributed by atoms with van der Waals surface area (Å²) in [6.45, 7) is 1.47. The first-order chi connectivity index (χ1) is 15.2. The third kappa shape index (κ3) is 4.91. The van der Waals surface area contributed by atoms with Gasteiger partial charge in [0.1, 0.15) is 10.8 Å². The van der Waals surface area contributed by atoms with Gasteiger partial charge in [-0.2, -0.15) is 13.2 Å². The molecule has 0 aliphatic heterocycles. The monoisotopic (exact) mass is 478 g/mol. The van der Waals surface area contributed by atoms with Crippen LogP contribution in [-0.4, -0.2) is 27.7 Å². The number of carbonyl (C=O) groups is 1. The molecule has 0 saturated carbocycles. The van der Waals surface area contributed by atoms with E-state index in [-0.39, 0.29) is 0 Å². The predicted octanol–water partition coefficient (Wildman–Crippen LogP) is 6.00. The van der Waals surface area contributed by atoms with E-state index in [9.17, 15) is 18.0 Å². The Labute approximate surface area is 189 Å². The van der Waals surface area contributed by atoms with Crippen molar-refractivity contribution in [1.82, 2.24) is 9.97 Å². The summed E-state index contributed by atoms with van der Waals surface area (Å²) in [7, 11) is 0. The van der Waals surface area contributed by atoms with Crippen LogP contribution in [0.4, 0.5) is 13.2 Å². The molecule has 4 aromatic rings. The number of nitrogens with zero attached hydrogens (tertiary/aromatic N) is 2. The fraction of sp³-hybridized carbons (Fsp3) is 0.227. The average Bonchev–Trinajstić information content (AvgIpc) is 3.33. The molecule has 10 heteroatoms. The number of thiazole rings is 2. The van der Waals surface area contributed by atoms with Crippen LogP contribution in [0, 0.1) is 6.92 Å². The Morgan fingerprint density at radius 1 is 1.06 bits per heavy atom. The molecule has 2 heterocycles. The summed E-state index contributed by atoms with van der Waals surface area (Å²) in [5, 5.41) is 10.4. The van der Waals surface area contributed by atoms with E-state index in [1.807, 2.05) is 13.0 Å². The van der Waals surface area contributed by atoms with Gasteiger partial charge in [0, 0.05) is 16.9 Å². The van der Waals surface area contributed by atoms with Crippen molar-refractivity contribution < 1.29 is 27.8 Å². The fourth-order valence-electron chi connectivity index (χ4n) is 3.14.